The van der Waals surface area contributed by atoms with E-state index in [0.29, 0.717) is 34.7 Å². The van der Waals surface area contributed by atoms with Crippen LogP contribution in [0.25, 0.3) is 5.70 Å². The Hall–Kier alpha value is -3.13. The number of benzene rings is 2. The highest BCUT2D eigenvalue weighted by molar-refractivity contribution is 6.32. The topological polar surface area (TPSA) is 63.0 Å². The lowest BCUT2D eigenvalue weighted by Gasteiger charge is -2.26. The molecule has 0 fully saturated rings. The van der Waals surface area contributed by atoms with E-state index < -0.39 is 17.5 Å². The molecule has 0 bridgehead atoms. The molecule has 0 aromatic heterocycles. The van der Waals surface area contributed by atoms with Gasteiger partial charge in [0.15, 0.2) is 0 Å². The second kappa shape index (κ2) is 10.6. The number of hydrogen-bond acceptors (Lipinski definition) is 4. The number of ether oxygens (including phenoxy) is 1. The van der Waals surface area contributed by atoms with Crippen molar-refractivity contribution in [3.63, 3.8) is 0 Å². The molecule has 0 saturated heterocycles. The number of carbonyl (C=O) groups excluding carboxylic acids is 1. The van der Waals surface area contributed by atoms with Gasteiger partial charge >= 0.3 is 12.2 Å². The number of hydrogen-bond donors (Lipinski definition) is 1. The van der Waals surface area contributed by atoms with Gasteiger partial charge in [0, 0.05) is 17.1 Å². The monoisotopic (exact) mass is 505 g/mol. The summed E-state index contributed by atoms with van der Waals surface area (Å²) in [5, 5.41) is 2.77. The maximum absolute atomic E-state index is 13.1. The van der Waals surface area contributed by atoms with Crippen LogP contribution < -0.4 is 5.32 Å². The Labute approximate surface area is 207 Å². The lowest BCUT2D eigenvalue weighted by atomic mass is 9.91. The van der Waals surface area contributed by atoms with Gasteiger partial charge in [0.2, 0.25) is 5.91 Å². The highest BCUT2D eigenvalue weighted by atomic mass is 35.5. The Balaban J connectivity index is 1.85. The highest BCUT2D eigenvalue weighted by Crippen LogP contribution is 2.37. The average molecular weight is 506 g/mol. The Bertz CT molecular complexity index is 1180. The van der Waals surface area contributed by atoms with E-state index in [-0.39, 0.29) is 12.6 Å². The summed E-state index contributed by atoms with van der Waals surface area (Å²) in [4.78, 5) is 21.3. The number of amidine groups is 1. The number of carbonyl (C=O) groups is 1. The number of amides is 1. The highest BCUT2D eigenvalue weighted by Gasteiger charge is 2.52. The van der Waals surface area contributed by atoms with Gasteiger partial charge in [-0.25, -0.2) is 0 Å². The van der Waals surface area contributed by atoms with Crippen molar-refractivity contribution < 1.29 is 22.7 Å². The minimum Gasteiger partial charge on any atom is -0.467 e. The van der Waals surface area contributed by atoms with E-state index in [4.69, 9.17) is 16.3 Å². The molecular formula is C26H27ClF3N3O2. The molecule has 186 valence electrons. The summed E-state index contributed by atoms with van der Waals surface area (Å²) >= 11 is 6.43. The minimum absolute atomic E-state index is 0.0909. The van der Waals surface area contributed by atoms with Crippen LogP contribution in [0.15, 0.2) is 58.5 Å². The molecule has 3 rings (SSSR count). The summed E-state index contributed by atoms with van der Waals surface area (Å²) in [6, 6.07) is 13.2. The molecule has 0 saturated carbocycles. The first-order valence-electron chi connectivity index (χ1n) is 11.0. The van der Waals surface area contributed by atoms with Crippen LogP contribution in [-0.2, 0) is 16.1 Å². The molecule has 0 aliphatic carbocycles. The lowest BCUT2D eigenvalue weighted by molar-refractivity contribution is -0.211. The van der Waals surface area contributed by atoms with Gasteiger partial charge in [-0.05, 0) is 56.9 Å². The Morgan fingerprint density at radius 2 is 1.80 bits per heavy atom. The Kier molecular flexibility index (Phi) is 8.05. The predicted molar refractivity (Wildman–Crippen MR) is 133 cm³/mol. The summed E-state index contributed by atoms with van der Waals surface area (Å²) in [5.74, 6) is -1.11. The van der Waals surface area contributed by atoms with Crippen molar-refractivity contribution >= 4 is 34.9 Å². The second-order valence-corrected chi connectivity index (χ2v) is 9.18. The third-order valence-electron chi connectivity index (χ3n) is 5.77. The number of methoxy groups -OCH3 is 1. The Morgan fingerprint density at radius 1 is 1.11 bits per heavy atom. The first-order valence-corrected chi connectivity index (χ1v) is 11.4. The average Bonchev–Trinajstić information content (AvgIpc) is 2.78. The number of aryl methyl sites for hydroxylation is 1. The van der Waals surface area contributed by atoms with Crippen molar-refractivity contribution in [1.82, 2.24) is 5.32 Å². The molecular weight excluding hydrogens is 479 g/mol. The molecule has 2 aromatic carbocycles. The zero-order valence-electron chi connectivity index (χ0n) is 20.0. The van der Waals surface area contributed by atoms with E-state index in [9.17, 15) is 18.0 Å². The Morgan fingerprint density at radius 3 is 2.43 bits per heavy atom. The van der Waals surface area contributed by atoms with Crippen LogP contribution in [0.4, 0.5) is 13.2 Å². The van der Waals surface area contributed by atoms with Crippen molar-refractivity contribution in [3.8, 4) is 0 Å². The maximum atomic E-state index is 13.1. The molecule has 1 amide bonds. The van der Waals surface area contributed by atoms with Gasteiger partial charge in [0.25, 0.3) is 0 Å². The van der Waals surface area contributed by atoms with Gasteiger partial charge in [-0.3, -0.25) is 4.79 Å². The molecule has 1 aliphatic rings. The van der Waals surface area contributed by atoms with Crippen molar-refractivity contribution in [2.24, 2.45) is 15.4 Å². The van der Waals surface area contributed by atoms with E-state index in [2.05, 4.69) is 15.3 Å². The largest absolute Gasteiger partial charge is 0.467 e. The molecule has 0 unspecified atom stereocenters. The number of alkyl halides is 3. The van der Waals surface area contributed by atoms with Crippen molar-refractivity contribution in [1.29, 1.82) is 0 Å². The number of nitrogens with one attached hydrogen (secondary N) is 1. The zero-order chi connectivity index (χ0) is 25.8. The van der Waals surface area contributed by atoms with Crippen LogP contribution in [0, 0.1) is 12.3 Å². The molecule has 1 heterocycles. The quantitative estimate of drug-likeness (QED) is 0.505. The van der Waals surface area contributed by atoms with E-state index in [1.807, 2.05) is 37.3 Å². The fourth-order valence-electron chi connectivity index (χ4n) is 3.32. The third kappa shape index (κ3) is 6.31. The van der Waals surface area contributed by atoms with E-state index >= 15 is 0 Å². The summed E-state index contributed by atoms with van der Waals surface area (Å²) in [6.45, 7) is 3.62. The van der Waals surface area contributed by atoms with Crippen molar-refractivity contribution in [2.75, 3.05) is 7.11 Å². The normalized spacial score (nSPS) is 14.8. The van der Waals surface area contributed by atoms with Gasteiger partial charge in [-0.1, -0.05) is 53.6 Å². The van der Waals surface area contributed by atoms with Crippen LogP contribution in [-0.4, -0.2) is 30.9 Å². The van der Waals surface area contributed by atoms with Crippen LogP contribution >= 0.6 is 11.6 Å². The number of aliphatic imine (C=N–C) groups is 2. The zero-order valence-corrected chi connectivity index (χ0v) is 20.7. The summed E-state index contributed by atoms with van der Waals surface area (Å²) < 4.78 is 44.8. The molecule has 5 nitrogen and oxygen atoms in total. The molecule has 35 heavy (non-hydrogen) atoms. The number of halogens is 4. The number of rotatable bonds is 5. The number of allylic oxidation sites excluding steroid dienone is 1. The van der Waals surface area contributed by atoms with E-state index in [1.165, 1.54) is 7.11 Å². The maximum Gasteiger partial charge on any atom is 0.402 e. The second-order valence-electron chi connectivity index (χ2n) is 8.77. The molecule has 9 heteroatoms. The van der Waals surface area contributed by atoms with Gasteiger partial charge in [-0.2, -0.15) is 23.2 Å². The SMILES string of the molecule is COC1=NC(c2cc(CNC(=O)C(C)(C)C(F)(F)F)ccc2Cl)=CCCC(c2ccc(C)cc2)=N1. The fourth-order valence-corrected chi connectivity index (χ4v) is 3.53. The lowest BCUT2D eigenvalue weighted by Crippen LogP contribution is -2.46. The molecule has 0 atom stereocenters. The van der Waals surface area contributed by atoms with Crippen LogP contribution in [0.1, 0.15) is 48.9 Å². The molecule has 2 aromatic rings. The first-order chi connectivity index (χ1) is 16.4. The van der Waals surface area contributed by atoms with Crippen LogP contribution in [0.3, 0.4) is 0 Å². The smallest absolute Gasteiger partial charge is 0.402 e. The van der Waals surface area contributed by atoms with Gasteiger partial charge in [-0.15, -0.1) is 0 Å². The molecule has 0 spiro atoms. The van der Waals surface area contributed by atoms with Gasteiger partial charge < -0.3 is 10.1 Å². The van der Waals surface area contributed by atoms with Crippen molar-refractivity contribution in [3.05, 3.63) is 75.8 Å². The molecule has 0 radical (unpaired) electrons. The molecule has 1 N–H and O–H groups in total. The van der Waals surface area contributed by atoms with E-state index in [1.54, 1.807) is 18.2 Å². The first kappa shape index (κ1) is 26.5. The standard InChI is InChI=1S/C26H27ClF3N3O2/c1-16-8-11-18(12-9-16)21-6-5-7-22(33-24(32-21)35-4)19-14-17(10-13-20(19)27)15-31-23(34)25(2,3)26(28,29)30/h7-14H,5-6,15H2,1-4H3,(H,31,34). The third-order valence-corrected chi connectivity index (χ3v) is 6.10. The summed E-state index contributed by atoms with van der Waals surface area (Å²) in [6.07, 6.45) is -1.46. The summed E-state index contributed by atoms with van der Waals surface area (Å²) in [7, 11) is 1.48. The predicted octanol–water partition coefficient (Wildman–Crippen LogP) is 6.48. The van der Waals surface area contributed by atoms with Crippen LogP contribution in [0.2, 0.25) is 5.02 Å². The fraction of sp³-hybridized carbons (Fsp3) is 0.346. The number of nitrogens with zero attached hydrogens (tertiary/aromatic N) is 2. The summed E-state index contributed by atoms with van der Waals surface area (Å²) in [5.41, 5.74) is 2.15. The minimum atomic E-state index is -4.66. The van der Waals surface area contributed by atoms with Gasteiger partial charge in [0.1, 0.15) is 5.41 Å². The van der Waals surface area contributed by atoms with Gasteiger partial charge in [0.05, 0.1) is 18.5 Å². The van der Waals surface area contributed by atoms with E-state index in [0.717, 1.165) is 30.7 Å². The van der Waals surface area contributed by atoms with Crippen molar-refractivity contribution in [2.45, 2.75) is 46.3 Å². The molecule has 1 aliphatic heterocycles. The van der Waals surface area contributed by atoms with Crippen LogP contribution in [0.5, 0.6) is 0 Å².